The highest BCUT2D eigenvalue weighted by Gasteiger charge is 2.14. The smallest absolute Gasteiger partial charge is 0.173 e. The number of nitrogens with zero attached hydrogens (tertiary/aromatic N) is 2. The molecule has 1 saturated heterocycles. The summed E-state index contributed by atoms with van der Waals surface area (Å²) in [4.78, 5) is 6.79. The van der Waals surface area contributed by atoms with E-state index >= 15 is 0 Å². The van der Waals surface area contributed by atoms with E-state index in [1.54, 1.807) is 6.40 Å². The predicted molar refractivity (Wildman–Crippen MR) is 67.6 cm³/mol. The van der Waals surface area contributed by atoms with Gasteiger partial charge in [0.15, 0.2) is 6.40 Å². The van der Waals surface area contributed by atoms with Crippen LogP contribution in [-0.2, 0) is 4.74 Å². The Morgan fingerprint density at radius 3 is 2.81 bits per heavy atom. The molecule has 0 radical (unpaired) electrons. The number of rotatable bonds is 7. The maximum absolute atomic E-state index is 5.27. The van der Waals surface area contributed by atoms with Crippen LogP contribution >= 0.6 is 0 Å². The van der Waals surface area contributed by atoms with Crippen molar-refractivity contribution in [1.29, 1.82) is 0 Å². The molecule has 4 nitrogen and oxygen atoms in total. The highest BCUT2D eigenvalue weighted by atomic mass is 16.5. The fourth-order valence-corrected chi connectivity index (χ4v) is 1.86. The zero-order chi connectivity index (χ0) is 11.6. The third-order valence-electron chi connectivity index (χ3n) is 2.88. The lowest BCUT2D eigenvalue weighted by atomic mass is 10.1. The SMILES string of the molecule is CCCNCOC=NC(C)N1CCCCC1. The van der Waals surface area contributed by atoms with Crippen molar-refractivity contribution in [3.63, 3.8) is 0 Å². The van der Waals surface area contributed by atoms with Crippen LogP contribution in [-0.4, -0.2) is 43.8 Å². The van der Waals surface area contributed by atoms with E-state index in [1.807, 2.05) is 0 Å². The fraction of sp³-hybridized carbons (Fsp3) is 0.917. The number of ether oxygens (including phenoxy) is 1. The summed E-state index contributed by atoms with van der Waals surface area (Å²) in [5.41, 5.74) is 0. The average Bonchev–Trinajstić information content (AvgIpc) is 2.34. The van der Waals surface area contributed by atoms with Crippen molar-refractivity contribution in [2.24, 2.45) is 4.99 Å². The maximum Gasteiger partial charge on any atom is 0.173 e. The first kappa shape index (κ1) is 13.5. The van der Waals surface area contributed by atoms with E-state index in [0.717, 1.165) is 13.0 Å². The molecule has 0 saturated carbocycles. The topological polar surface area (TPSA) is 36.9 Å². The Hall–Kier alpha value is -0.610. The Balaban J connectivity index is 2.07. The Labute approximate surface area is 99.1 Å². The van der Waals surface area contributed by atoms with Gasteiger partial charge in [0.1, 0.15) is 12.9 Å². The van der Waals surface area contributed by atoms with E-state index < -0.39 is 0 Å². The van der Waals surface area contributed by atoms with E-state index in [1.165, 1.54) is 32.4 Å². The first-order chi connectivity index (χ1) is 7.84. The molecule has 0 aliphatic carbocycles. The summed E-state index contributed by atoms with van der Waals surface area (Å²) in [6, 6.07) is 0. The van der Waals surface area contributed by atoms with E-state index in [9.17, 15) is 0 Å². The molecule has 1 rings (SSSR count). The van der Waals surface area contributed by atoms with Gasteiger partial charge in [0, 0.05) is 13.1 Å². The molecule has 16 heavy (non-hydrogen) atoms. The number of piperidine rings is 1. The highest BCUT2D eigenvalue weighted by Crippen LogP contribution is 2.12. The molecule has 0 bridgehead atoms. The fourth-order valence-electron chi connectivity index (χ4n) is 1.86. The number of aliphatic imine (C=N–C) groups is 1. The van der Waals surface area contributed by atoms with Gasteiger partial charge in [-0.2, -0.15) is 0 Å². The Morgan fingerprint density at radius 1 is 1.38 bits per heavy atom. The predicted octanol–water partition coefficient (Wildman–Crippen LogP) is 1.82. The standard InChI is InChI=1S/C12H25N3O/c1-3-7-13-10-16-11-14-12(2)15-8-5-4-6-9-15/h11-13H,3-10H2,1-2H3. The first-order valence-electron chi connectivity index (χ1n) is 6.42. The van der Waals surface area contributed by atoms with Crippen LogP contribution in [0.2, 0.25) is 0 Å². The zero-order valence-electron chi connectivity index (χ0n) is 10.6. The summed E-state index contributed by atoms with van der Waals surface area (Å²) in [5, 5.41) is 3.16. The molecule has 0 aromatic carbocycles. The van der Waals surface area contributed by atoms with Crippen molar-refractivity contribution in [1.82, 2.24) is 10.2 Å². The van der Waals surface area contributed by atoms with Gasteiger partial charge in [0.25, 0.3) is 0 Å². The van der Waals surface area contributed by atoms with Crippen LogP contribution in [0.4, 0.5) is 0 Å². The van der Waals surface area contributed by atoms with Gasteiger partial charge in [-0.15, -0.1) is 0 Å². The van der Waals surface area contributed by atoms with Crippen LogP contribution in [0.25, 0.3) is 0 Å². The summed E-state index contributed by atoms with van der Waals surface area (Å²) < 4.78 is 5.27. The van der Waals surface area contributed by atoms with Crippen molar-refractivity contribution in [2.75, 3.05) is 26.4 Å². The van der Waals surface area contributed by atoms with Gasteiger partial charge in [-0.25, -0.2) is 4.99 Å². The van der Waals surface area contributed by atoms with Crippen LogP contribution in [0.5, 0.6) is 0 Å². The molecule has 0 aromatic rings. The van der Waals surface area contributed by atoms with E-state index in [0.29, 0.717) is 6.73 Å². The van der Waals surface area contributed by atoms with Gasteiger partial charge in [0.05, 0.1) is 0 Å². The molecule has 1 fully saturated rings. The molecular weight excluding hydrogens is 202 g/mol. The number of nitrogens with one attached hydrogen (secondary N) is 1. The Bertz CT molecular complexity index is 191. The number of hydrogen-bond donors (Lipinski definition) is 1. The molecule has 1 aliphatic heterocycles. The minimum atomic E-state index is 0.256. The van der Waals surface area contributed by atoms with Gasteiger partial charge in [-0.05, 0) is 32.7 Å². The third-order valence-corrected chi connectivity index (χ3v) is 2.88. The quantitative estimate of drug-likeness (QED) is 0.312. The number of likely N-dealkylation sites (tertiary alicyclic amines) is 1. The second kappa shape index (κ2) is 8.53. The molecule has 1 heterocycles. The second-order valence-electron chi connectivity index (χ2n) is 4.29. The minimum Gasteiger partial charge on any atom is -0.468 e. The summed E-state index contributed by atoms with van der Waals surface area (Å²) in [6.45, 7) is 8.17. The monoisotopic (exact) mass is 227 g/mol. The van der Waals surface area contributed by atoms with Crippen molar-refractivity contribution < 1.29 is 4.74 Å². The van der Waals surface area contributed by atoms with Gasteiger partial charge < -0.3 is 4.74 Å². The van der Waals surface area contributed by atoms with Crippen molar-refractivity contribution >= 4 is 6.40 Å². The van der Waals surface area contributed by atoms with Crippen LogP contribution in [0.15, 0.2) is 4.99 Å². The molecule has 0 aromatic heterocycles. The summed E-state index contributed by atoms with van der Waals surface area (Å²) in [6.07, 6.45) is 6.95. The molecular formula is C12H25N3O. The van der Waals surface area contributed by atoms with Gasteiger partial charge in [-0.1, -0.05) is 13.3 Å². The summed E-state index contributed by atoms with van der Waals surface area (Å²) in [7, 11) is 0. The van der Waals surface area contributed by atoms with Crippen LogP contribution in [0.3, 0.4) is 0 Å². The first-order valence-corrected chi connectivity index (χ1v) is 6.42. The largest absolute Gasteiger partial charge is 0.468 e. The lowest BCUT2D eigenvalue weighted by Crippen LogP contribution is -2.36. The summed E-state index contributed by atoms with van der Waals surface area (Å²) in [5.74, 6) is 0. The van der Waals surface area contributed by atoms with Crippen molar-refractivity contribution in [3.8, 4) is 0 Å². The van der Waals surface area contributed by atoms with Crippen molar-refractivity contribution in [2.45, 2.75) is 45.7 Å². The molecule has 1 N–H and O–H groups in total. The highest BCUT2D eigenvalue weighted by molar-refractivity contribution is 5.46. The zero-order valence-corrected chi connectivity index (χ0v) is 10.6. The van der Waals surface area contributed by atoms with E-state index in [4.69, 9.17) is 4.74 Å². The number of hydrogen-bond acceptors (Lipinski definition) is 4. The Morgan fingerprint density at radius 2 is 2.12 bits per heavy atom. The molecule has 94 valence electrons. The lowest BCUT2D eigenvalue weighted by Gasteiger charge is -2.29. The van der Waals surface area contributed by atoms with Gasteiger partial charge in [-0.3, -0.25) is 10.2 Å². The van der Waals surface area contributed by atoms with Crippen LogP contribution in [0.1, 0.15) is 39.5 Å². The van der Waals surface area contributed by atoms with E-state index in [-0.39, 0.29) is 6.17 Å². The second-order valence-corrected chi connectivity index (χ2v) is 4.29. The normalized spacial score (nSPS) is 20.1. The van der Waals surface area contributed by atoms with Gasteiger partial charge >= 0.3 is 0 Å². The van der Waals surface area contributed by atoms with E-state index in [2.05, 4.69) is 29.1 Å². The van der Waals surface area contributed by atoms with Crippen LogP contribution < -0.4 is 5.32 Å². The molecule has 0 spiro atoms. The summed E-state index contributed by atoms with van der Waals surface area (Å²) >= 11 is 0. The minimum absolute atomic E-state index is 0.256. The lowest BCUT2D eigenvalue weighted by molar-refractivity contribution is 0.175. The molecule has 0 amide bonds. The molecule has 1 aliphatic rings. The molecule has 4 heteroatoms. The van der Waals surface area contributed by atoms with Crippen molar-refractivity contribution in [3.05, 3.63) is 0 Å². The third kappa shape index (κ3) is 5.47. The molecule has 1 atom stereocenters. The molecule has 1 unspecified atom stereocenters. The average molecular weight is 227 g/mol. The maximum atomic E-state index is 5.27. The van der Waals surface area contributed by atoms with Crippen LogP contribution in [0, 0.1) is 0 Å². The van der Waals surface area contributed by atoms with Gasteiger partial charge in [0.2, 0.25) is 0 Å². The Kier molecular flexibility index (Phi) is 7.17.